The number of nitrogens with one attached hydrogen (secondary N) is 1. The number of benzene rings is 1. The molecule has 1 N–H and O–H groups in total. The molecular formula is C22H20N4O3S. The summed E-state index contributed by atoms with van der Waals surface area (Å²) in [4.78, 5) is 17.3. The van der Waals surface area contributed by atoms with Gasteiger partial charge in [0.15, 0.2) is 17.2 Å². The molecule has 0 saturated heterocycles. The third-order valence-electron chi connectivity index (χ3n) is 4.56. The van der Waals surface area contributed by atoms with Crippen LogP contribution in [0, 0.1) is 13.8 Å². The average Bonchev–Trinajstić information content (AvgIpc) is 3.44. The number of thioether (sulfide) groups is 1. The fourth-order valence-corrected chi connectivity index (χ4v) is 3.69. The van der Waals surface area contributed by atoms with Gasteiger partial charge in [0.1, 0.15) is 5.69 Å². The molecule has 4 rings (SSSR count). The molecule has 7 nitrogen and oxygen atoms in total. The highest BCUT2D eigenvalue weighted by atomic mass is 32.2. The number of hydrogen-bond acceptors (Lipinski definition) is 7. The van der Waals surface area contributed by atoms with Crippen molar-refractivity contribution in [2.24, 2.45) is 0 Å². The van der Waals surface area contributed by atoms with Crippen LogP contribution in [0.2, 0.25) is 0 Å². The highest BCUT2D eigenvalue weighted by Gasteiger charge is 2.22. The number of carbonyl (C=O) groups excluding carboxylic acids is 1. The third kappa shape index (κ3) is 4.13. The first-order valence-corrected chi connectivity index (χ1v) is 10.3. The maximum Gasteiger partial charge on any atom is 0.237 e. The van der Waals surface area contributed by atoms with Crippen LogP contribution in [0.4, 0.5) is 5.69 Å². The summed E-state index contributed by atoms with van der Waals surface area (Å²) < 4.78 is 11.0. The van der Waals surface area contributed by atoms with Crippen molar-refractivity contribution in [2.75, 3.05) is 5.32 Å². The lowest BCUT2D eigenvalue weighted by Gasteiger charge is -2.15. The predicted octanol–water partition coefficient (Wildman–Crippen LogP) is 5.13. The molecule has 0 bridgehead atoms. The number of furan rings is 2. The van der Waals surface area contributed by atoms with E-state index in [9.17, 15) is 4.79 Å². The molecule has 3 heterocycles. The molecule has 0 saturated carbocycles. The van der Waals surface area contributed by atoms with Crippen LogP contribution in [0.5, 0.6) is 0 Å². The van der Waals surface area contributed by atoms with E-state index in [1.165, 1.54) is 11.8 Å². The molecule has 0 aliphatic heterocycles. The fourth-order valence-electron chi connectivity index (χ4n) is 2.97. The van der Waals surface area contributed by atoms with Crippen LogP contribution in [-0.4, -0.2) is 26.3 Å². The Morgan fingerprint density at radius 2 is 1.57 bits per heavy atom. The zero-order valence-electron chi connectivity index (χ0n) is 16.7. The second-order valence-corrected chi connectivity index (χ2v) is 8.07. The van der Waals surface area contributed by atoms with E-state index < -0.39 is 5.25 Å². The average molecular weight is 420 g/mol. The molecule has 4 aromatic rings. The topological polar surface area (TPSA) is 94.1 Å². The van der Waals surface area contributed by atoms with Gasteiger partial charge in [-0.05, 0) is 56.2 Å². The molecule has 0 unspecified atom stereocenters. The van der Waals surface area contributed by atoms with Gasteiger partial charge in [-0.1, -0.05) is 30.0 Å². The van der Waals surface area contributed by atoms with Gasteiger partial charge in [-0.15, -0.1) is 10.2 Å². The van der Waals surface area contributed by atoms with Gasteiger partial charge in [0.05, 0.1) is 17.8 Å². The Morgan fingerprint density at radius 3 is 2.17 bits per heavy atom. The molecule has 0 fully saturated rings. The first-order valence-electron chi connectivity index (χ1n) is 9.39. The number of aryl methyl sites for hydroxylation is 2. The minimum absolute atomic E-state index is 0.129. The van der Waals surface area contributed by atoms with Crippen LogP contribution in [0.15, 0.2) is 69.0 Å². The Morgan fingerprint density at radius 1 is 0.933 bits per heavy atom. The quantitative estimate of drug-likeness (QED) is 0.432. The van der Waals surface area contributed by atoms with E-state index in [4.69, 9.17) is 8.83 Å². The molecule has 0 aliphatic rings. The van der Waals surface area contributed by atoms with Crippen LogP contribution in [0.25, 0.3) is 22.9 Å². The molecular weight excluding hydrogens is 400 g/mol. The van der Waals surface area contributed by atoms with E-state index in [1.54, 1.807) is 36.8 Å². The van der Waals surface area contributed by atoms with Gasteiger partial charge in [0.2, 0.25) is 11.1 Å². The second kappa shape index (κ2) is 8.54. The smallest absolute Gasteiger partial charge is 0.237 e. The number of rotatable bonds is 6. The third-order valence-corrected chi connectivity index (χ3v) is 5.51. The molecule has 8 heteroatoms. The van der Waals surface area contributed by atoms with Crippen molar-refractivity contribution in [3.63, 3.8) is 0 Å². The van der Waals surface area contributed by atoms with E-state index in [0.29, 0.717) is 28.1 Å². The van der Waals surface area contributed by atoms with Crippen LogP contribution < -0.4 is 5.32 Å². The lowest BCUT2D eigenvalue weighted by Crippen LogP contribution is -2.23. The molecule has 0 spiro atoms. The van der Waals surface area contributed by atoms with Gasteiger partial charge < -0.3 is 14.2 Å². The Balaban J connectivity index is 1.57. The Kier molecular flexibility index (Phi) is 5.67. The maximum atomic E-state index is 12.7. The summed E-state index contributed by atoms with van der Waals surface area (Å²) in [7, 11) is 0. The highest BCUT2D eigenvalue weighted by molar-refractivity contribution is 8.00. The van der Waals surface area contributed by atoms with Crippen molar-refractivity contribution in [1.82, 2.24) is 15.2 Å². The van der Waals surface area contributed by atoms with E-state index in [-0.39, 0.29) is 5.91 Å². The summed E-state index contributed by atoms with van der Waals surface area (Å²) in [6.07, 6.45) is 3.13. The van der Waals surface area contributed by atoms with Gasteiger partial charge in [-0.3, -0.25) is 4.79 Å². The number of nitrogens with zero attached hydrogens (tertiary/aromatic N) is 3. The first-order chi connectivity index (χ1) is 14.5. The fraction of sp³-hybridized carbons (Fsp3) is 0.182. The second-order valence-electron chi connectivity index (χ2n) is 6.76. The molecule has 1 aromatic carbocycles. The molecule has 1 amide bonds. The molecule has 1 atom stereocenters. The van der Waals surface area contributed by atoms with Crippen molar-refractivity contribution < 1.29 is 13.6 Å². The lowest BCUT2D eigenvalue weighted by atomic mass is 10.1. The molecule has 0 aliphatic carbocycles. The standard InChI is InChI=1S/C22H20N4O3S/c1-13-7-4-8-14(2)18(13)23-21(27)15(3)30-22-24-19(16-9-5-11-28-16)20(25-26-22)17-10-6-12-29-17/h4-12,15H,1-3H3,(H,23,27)/t15-/m1/s1. The predicted molar refractivity (Wildman–Crippen MR) is 115 cm³/mol. The normalized spacial score (nSPS) is 12.0. The van der Waals surface area contributed by atoms with Crippen LogP contribution >= 0.6 is 11.8 Å². The Hall–Kier alpha value is -3.39. The summed E-state index contributed by atoms with van der Waals surface area (Å²) in [6, 6.07) is 13.0. The van der Waals surface area contributed by atoms with Crippen molar-refractivity contribution in [1.29, 1.82) is 0 Å². The zero-order chi connectivity index (χ0) is 21.1. The van der Waals surface area contributed by atoms with Crippen LogP contribution in [0.1, 0.15) is 18.1 Å². The minimum atomic E-state index is -0.426. The van der Waals surface area contributed by atoms with Crippen LogP contribution in [-0.2, 0) is 4.79 Å². The Labute approximate surface area is 177 Å². The largest absolute Gasteiger partial charge is 0.463 e. The van der Waals surface area contributed by atoms with Crippen molar-refractivity contribution in [3.8, 4) is 22.9 Å². The van der Waals surface area contributed by atoms with E-state index >= 15 is 0 Å². The summed E-state index contributed by atoms with van der Waals surface area (Å²) in [5.41, 5.74) is 3.85. The minimum Gasteiger partial charge on any atom is -0.463 e. The zero-order valence-corrected chi connectivity index (χ0v) is 17.6. The van der Waals surface area contributed by atoms with E-state index in [2.05, 4.69) is 20.5 Å². The Bertz CT molecular complexity index is 1140. The highest BCUT2D eigenvalue weighted by Crippen LogP contribution is 2.31. The van der Waals surface area contributed by atoms with Gasteiger partial charge in [-0.2, -0.15) is 0 Å². The van der Waals surface area contributed by atoms with E-state index in [1.807, 2.05) is 39.0 Å². The maximum absolute atomic E-state index is 12.7. The van der Waals surface area contributed by atoms with Crippen molar-refractivity contribution in [3.05, 3.63) is 66.1 Å². The number of carbonyl (C=O) groups is 1. The number of para-hydroxylation sites is 1. The molecule has 30 heavy (non-hydrogen) atoms. The van der Waals surface area contributed by atoms with Crippen molar-refractivity contribution >= 4 is 23.4 Å². The van der Waals surface area contributed by atoms with Gasteiger partial charge >= 0.3 is 0 Å². The van der Waals surface area contributed by atoms with Crippen LogP contribution in [0.3, 0.4) is 0 Å². The summed E-state index contributed by atoms with van der Waals surface area (Å²) in [5.74, 6) is 0.959. The summed E-state index contributed by atoms with van der Waals surface area (Å²) >= 11 is 1.23. The number of amides is 1. The molecule has 0 radical (unpaired) electrons. The number of anilines is 1. The lowest BCUT2D eigenvalue weighted by molar-refractivity contribution is -0.115. The monoisotopic (exact) mass is 420 g/mol. The molecule has 152 valence electrons. The van der Waals surface area contributed by atoms with Gasteiger partial charge in [-0.25, -0.2) is 4.98 Å². The SMILES string of the molecule is Cc1cccc(C)c1NC(=O)[C@@H](C)Sc1nnc(-c2ccco2)c(-c2ccco2)n1. The number of hydrogen-bond donors (Lipinski definition) is 1. The van der Waals surface area contributed by atoms with Gasteiger partial charge in [0, 0.05) is 5.69 Å². The number of aromatic nitrogens is 3. The van der Waals surface area contributed by atoms with E-state index in [0.717, 1.165) is 16.8 Å². The first kappa shape index (κ1) is 19.9. The molecule has 3 aromatic heterocycles. The van der Waals surface area contributed by atoms with Crippen molar-refractivity contribution in [2.45, 2.75) is 31.2 Å². The van der Waals surface area contributed by atoms with Gasteiger partial charge in [0.25, 0.3) is 0 Å². The summed E-state index contributed by atoms with van der Waals surface area (Å²) in [5, 5.41) is 11.4. The summed E-state index contributed by atoms with van der Waals surface area (Å²) in [6.45, 7) is 5.75.